The lowest BCUT2D eigenvalue weighted by Crippen LogP contribution is -2.36. The van der Waals surface area contributed by atoms with Gasteiger partial charge >= 0.3 is 5.97 Å². The van der Waals surface area contributed by atoms with Gasteiger partial charge < -0.3 is 14.4 Å². The third-order valence-electron chi connectivity index (χ3n) is 2.41. The van der Waals surface area contributed by atoms with Crippen molar-refractivity contribution in [2.45, 2.75) is 6.92 Å². The van der Waals surface area contributed by atoms with Crippen LogP contribution >= 0.6 is 0 Å². The van der Waals surface area contributed by atoms with Gasteiger partial charge in [0.1, 0.15) is 6.54 Å². The highest BCUT2D eigenvalue weighted by molar-refractivity contribution is 5.95. The number of pyridine rings is 1. The predicted octanol–water partition coefficient (Wildman–Crippen LogP) is 0.725. The largest absolute Gasteiger partial charge is 0.481 e. The molecule has 1 aromatic heterocycles. The van der Waals surface area contributed by atoms with Crippen molar-refractivity contribution in [3.63, 3.8) is 0 Å². The van der Waals surface area contributed by atoms with Gasteiger partial charge in [0.2, 0.25) is 5.88 Å². The van der Waals surface area contributed by atoms with Gasteiger partial charge in [0.05, 0.1) is 19.8 Å². The topological polar surface area (TPSA) is 68.7 Å². The van der Waals surface area contributed by atoms with Crippen LogP contribution in [0.5, 0.6) is 5.88 Å². The summed E-state index contributed by atoms with van der Waals surface area (Å²) in [6, 6.07) is 3.20. The number of amides is 1. The van der Waals surface area contributed by atoms with E-state index in [2.05, 4.69) is 9.72 Å². The van der Waals surface area contributed by atoms with Crippen molar-refractivity contribution in [2.75, 3.05) is 27.3 Å². The highest BCUT2D eigenvalue weighted by Gasteiger charge is 2.17. The Hall–Kier alpha value is -2.11. The molecule has 0 saturated heterocycles. The van der Waals surface area contributed by atoms with Crippen molar-refractivity contribution < 1.29 is 19.1 Å². The van der Waals surface area contributed by atoms with Gasteiger partial charge in [-0.2, -0.15) is 0 Å². The van der Waals surface area contributed by atoms with Gasteiger partial charge in [-0.25, -0.2) is 4.98 Å². The number of rotatable bonds is 5. The SMILES string of the molecule is CCN(CC(=O)OC)C(=O)c1ccc(OC)nc1. The van der Waals surface area contributed by atoms with E-state index in [1.807, 2.05) is 0 Å². The first-order chi connectivity index (χ1) is 8.62. The first kappa shape index (κ1) is 14.0. The number of likely N-dealkylation sites (N-methyl/N-ethyl adjacent to an activating group) is 1. The van der Waals surface area contributed by atoms with E-state index in [9.17, 15) is 9.59 Å². The fourth-order valence-electron chi connectivity index (χ4n) is 1.36. The highest BCUT2D eigenvalue weighted by atomic mass is 16.5. The number of ether oxygens (including phenoxy) is 2. The molecule has 0 unspecified atom stereocenters. The molecule has 0 radical (unpaired) electrons. The lowest BCUT2D eigenvalue weighted by atomic mass is 10.2. The molecule has 1 heterocycles. The first-order valence-corrected chi connectivity index (χ1v) is 5.48. The van der Waals surface area contributed by atoms with Crippen molar-refractivity contribution in [1.29, 1.82) is 0 Å². The molecule has 6 nitrogen and oxygen atoms in total. The van der Waals surface area contributed by atoms with E-state index < -0.39 is 5.97 Å². The average Bonchev–Trinajstić information content (AvgIpc) is 2.43. The second kappa shape index (κ2) is 6.58. The van der Waals surface area contributed by atoms with Crippen LogP contribution in [0.2, 0.25) is 0 Å². The van der Waals surface area contributed by atoms with Crippen LogP contribution in [-0.4, -0.2) is 49.1 Å². The maximum Gasteiger partial charge on any atom is 0.325 e. The summed E-state index contributed by atoms with van der Waals surface area (Å²) in [4.78, 5) is 28.6. The number of nitrogens with zero attached hydrogens (tertiary/aromatic N) is 2. The minimum atomic E-state index is -0.452. The van der Waals surface area contributed by atoms with Crippen LogP contribution in [0.15, 0.2) is 18.3 Å². The fraction of sp³-hybridized carbons (Fsp3) is 0.417. The molecule has 18 heavy (non-hydrogen) atoms. The zero-order valence-electron chi connectivity index (χ0n) is 10.7. The van der Waals surface area contributed by atoms with Crippen molar-refractivity contribution in [1.82, 2.24) is 9.88 Å². The third-order valence-corrected chi connectivity index (χ3v) is 2.41. The summed E-state index contributed by atoms with van der Waals surface area (Å²) in [6.45, 7) is 2.13. The zero-order chi connectivity index (χ0) is 13.5. The normalized spacial score (nSPS) is 9.72. The third kappa shape index (κ3) is 3.44. The fourth-order valence-corrected chi connectivity index (χ4v) is 1.36. The summed E-state index contributed by atoms with van der Waals surface area (Å²) in [5, 5.41) is 0. The molecule has 0 bridgehead atoms. The van der Waals surface area contributed by atoms with Gasteiger partial charge in [0.25, 0.3) is 5.91 Å². The first-order valence-electron chi connectivity index (χ1n) is 5.48. The van der Waals surface area contributed by atoms with E-state index in [1.165, 1.54) is 25.3 Å². The monoisotopic (exact) mass is 252 g/mol. The van der Waals surface area contributed by atoms with Gasteiger partial charge in [0, 0.05) is 18.8 Å². The minimum Gasteiger partial charge on any atom is -0.481 e. The van der Waals surface area contributed by atoms with E-state index in [-0.39, 0.29) is 12.5 Å². The number of hydrogen-bond acceptors (Lipinski definition) is 5. The van der Waals surface area contributed by atoms with Gasteiger partial charge in [-0.3, -0.25) is 9.59 Å². The van der Waals surface area contributed by atoms with Crippen LogP contribution in [0.3, 0.4) is 0 Å². The zero-order valence-corrected chi connectivity index (χ0v) is 10.7. The van der Waals surface area contributed by atoms with Crippen molar-refractivity contribution >= 4 is 11.9 Å². The summed E-state index contributed by atoms with van der Waals surface area (Å²) in [6.07, 6.45) is 1.42. The maximum absolute atomic E-state index is 12.1. The summed E-state index contributed by atoms with van der Waals surface area (Å²) in [5.74, 6) is -0.285. The molecule has 1 rings (SSSR count). The molecule has 98 valence electrons. The molecule has 0 atom stereocenters. The molecule has 0 aliphatic carbocycles. The van der Waals surface area contributed by atoms with Crippen molar-refractivity contribution in [3.05, 3.63) is 23.9 Å². The lowest BCUT2D eigenvalue weighted by Gasteiger charge is -2.19. The highest BCUT2D eigenvalue weighted by Crippen LogP contribution is 2.09. The van der Waals surface area contributed by atoms with E-state index in [0.717, 1.165) is 0 Å². The number of hydrogen-bond donors (Lipinski definition) is 0. The molecule has 0 fully saturated rings. The molecular formula is C12H16N2O4. The molecule has 0 saturated carbocycles. The minimum absolute atomic E-state index is 0.0716. The van der Waals surface area contributed by atoms with Crippen LogP contribution in [0.4, 0.5) is 0 Å². The Labute approximate surface area is 106 Å². The van der Waals surface area contributed by atoms with Crippen LogP contribution in [-0.2, 0) is 9.53 Å². The Morgan fingerprint density at radius 2 is 2.06 bits per heavy atom. The Kier molecular flexibility index (Phi) is 5.10. The number of carbonyl (C=O) groups excluding carboxylic acids is 2. The predicted molar refractivity (Wildman–Crippen MR) is 64.4 cm³/mol. The van der Waals surface area contributed by atoms with Crippen LogP contribution in [0.25, 0.3) is 0 Å². The molecule has 1 amide bonds. The smallest absolute Gasteiger partial charge is 0.325 e. The van der Waals surface area contributed by atoms with E-state index in [1.54, 1.807) is 19.1 Å². The number of carbonyl (C=O) groups is 2. The Bertz CT molecular complexity index is 417. The maximum atomic E-state index is 12.1. The molecule has 1 aromatic rings. The molecular weight excluding hydrogens is 236 g/mol. The standard InChI is InChI=1S/C12H16N2O4/c1-4-14(8-11(15)18-3)12(16)9-5-6-10(17-2)13-7-9/h5-7H,4,8H2,1-3H3. The summed E-state index contributed by atoms with van der Waals surface area (Å²) < 4.78 is 9.44. The van der Waals surface area contributed by atoms with E-state index in [4.69, 9.17) is 4.74 Å². The summed E-state index contributed by atoms with van der Waals surface area (Å²) >= 11 is 0. The van der Waals surface area contributed by atoms with Crippen molar-refractivity contribution in [2.24, 2.45) is 0 Å². The van der Waals surface area contributed by atoms with Gasteiger partial charge in [0.15, 0.2) is 0 Å². The average molecular weight is 252 g/mol. The number of aromatic nitrogens is 1. The summed E-state index contributed by atoms with van der Waals surface area (Å²) in [7, 11) is 2.79. The molecule has 0 aromatic carbocycles. The van der Waals surface area contributed by atoms with Crippen LogP contribution < -0.4 is 4.74 Å². The lowest BCUT2D eigenvalue weighted by molar-refractivity contribution is -0.141. The molecule has 0 aliphatic heterocycles. The van der Waals surface area contributed by atoms with Gasteiger partial charge in [-0.1, -0.05) is 0 Å². The number of esters is 1. The number of methoxy groups -OCH3 is 2. The van der Waals surface area contributed by atoms with Crippen LogP contribution in [0.1, 0.15) is 17.3 Å². The van der Waals surface area contributed by atoms with E-state index >= 15 is 0 Å². The Balaban J connectivity index is 2.79. The van der Waals surface area contributed by atoms with E-state index in [0.29, 0.717) is 18.0 Å². The molecule has 0 aliphatic rings. The molecule has 0 N–H and O–H groups in total. The second-order valence-corrected chi connectivity index (χ2v) is 3.48. The molecule has 0 spiro atoms. The van der Waals surface area contributed by atoms with Crippen LogP contribution in [0, 0.1) is 0 Å². The Morgan fingerprint density at radius 3 is 2.50 bits per heavy atom. The van der Waals surface area contributed by atoms with Gasteiger partial charge in [-0.05, 0) is 13.0 Å². The Morgan fingerprint density at radius 1 is 1.33 bits per heavy atom. The summed E-state index contributed by atoms with van der Waals surface area (Å²) in [5.41, 5.74) is 0.404. The van der Waals surface area contributed by atoms with Gasteiger partial charge in [-0.15, -0.1) is 0 Å². The second-order valence-electron chi connectivity index (χ2n) is 3.48. The van der Waals surface area contributed by atoms with Crippen molar-refractivity contribution in [3.8, 4) is 5.88 Å². The molecule has 6 heteroatoms. The quantitative estimate of drug-likeness (QED) is 0.722.